The largest absolute Gasteiger partial charge is 0.304 e. The minimum Gasteiger partial charge on any atom is -0.304 e. The third-order valence-corrected chi connectivity index (χ3v) is 2.23. The van der Waals surface area contributed by atoms with Gasteiger partial charge in [0.1, 0.15) is 0 Å². The molecule has 0 bridgehead atoms. The lowest BCUT2D eigenvalue weighted by atomic mass is 10.2. The Labute approximate surface area is 75.7 Å². The number of nitrogens with one attached hydrogen (secondary N) is 1. The Morgan fingerprint density at radius 2 is 1.75 bits per heavy atom. The molecule has 0 aromatic heterocycles. The lowest BCUT2D eigenvalue weighted by molar-refractivity contribution is 0.1000. The first-order valence-corrected chi connectivity index (χ1v) is 4.85. The zero-order valence-electron chi connectivity index (χ0n) is 8.51. The van der Waals surface area contributed by atoms with Gasteiger partial charge in [0.15, 0.2) is 0 Å². The molecule has 0 atom stereocenters. The number of hydrazine groups is 1. The van der Waals surface area contributed by atoms with Crippen molar-refractivity contribution in [2.45, 2.75) is 13.8 Å². The summed E-state index contributed by atoms with van der Waals surface area (Å²) in [6.07, 6.45) is 0. The van der Waals surface area contributed by atoms with E-state index < -0.39 is 0 Å². The number of hydrogen-bond donors (Lipinski definition) is 1. The van der Waals surface area contributed by atoms with E-state index in [0.717, 1.165) is 25.6 Å². The van der Waals surface area contributed by atoms with E-state index in [9.17, 15) is 0 Å². The molecule has 1 fully saturated rings. The predicted octanol–water partition coefficient (Wildman–Crippen LogP) is 0.394. The van der Waals surface area contributed by atoms with Gasteiger partial charge in [0.05, 0.1) is 0 Å². The summed E-state index contributed by atoms with van der Waals surface area (Å²) < 4.78 is 0. The average Bonchev–Trinajstić information content (AvgIpc) is 2.03. The molecule has 3 heteroatoms. The molecule has 0 aromatic carbocycles. The zero-order chi connectivity index (χ0) is 8.97. The third-order valence-electron chi connectivity index (χ3n) is 2.23. The Morgan fingerprint density at radius 3 is 2.25 bits per heavy atom. The minimum atomic E-state index is 0.740. The second-order valence-corrected chi connectivity index (χ2v) is 4.05. The standard InChI is InChI=1S/C9H21N3/c1-9(2)8-10-12-6-4-11(3)5-7-12/h9-10H,4-8H2,1-3H3. The van der Waals surface area contributed by atoms with Crippen LogP contribution in [-0.2, 0) is 0 Å². The smallest absolute Gasteiger partial charge is 0.0259 e. The summed E-state index contributed by atoms with van der Waals surface area (Å²) in [5.41, 5.74) is 3.45. The quantitative estimate of drug-likeness (QED) is 0.663. The van der Waals surface area contributed by atoms with E-state index in [-0.39, 0.29) is 0 Å². The molecule has 0 aromatic rings. The molecule has 12 heavy (non-hydrogen) atoms. The molecule has 1 aliphatic heterocycles. The van der Waals surface area contributed by atoms with Gasteiger partial charge in [-0.25, -0.2) is 5.01 Å². The highest BCUT2D eigenvalue weighted by Crippen LogP contribution is 1.96. The van der Waals surface area contributed by atoms with Crippen LogP contribution in [0.3, 0.4) is 0 Å². The van der Waals surface area contributed by atoms with Gasteiger partial charge in [0.25, 0.3) is 0 Å². The molecule has 0 aliphatic carbocycles. The fourth-order valence-corrected chi connectivity index (χ4v) is 1.28. The van der Waals surface area contributed by atoms with Crippen LogP contribution in [0.2, 0.25) is 0 Å². The van der Waals surface area contributed by atoms with Gasteiger partial charge in [0.2, 0.25) is 0 Å². The maximum atomic E-state index is 3.45. The number of piperazine rings is 1. The van der Waals surface area contributed by atoms with Gasteiger partial charge in [0, 0.05) is 32.7 Å². The summed E-state index contributed by atoms with van der Waals surface area (Å²) in [6.45, 7) is 10.3. The second kappa shape index (κ2) is 4.80. The number of hydrogen-bond acceptors (Lipinski definition) is 3. The summed E-state index contributed by atoms with van der Waals surface area (Å²) in [4.78, 5) is 2.37. The molecule has 0 spiro atoms. The number of nitrogens with zero attached hydrogens (tertiary/aromatic N) is 2. The Kier molecular flexibility index (Phi) is 3.98. The molecule has 1 heterocycles. The molecule has 3 nitrogen and oxygen atoms in total. The van der Waals surface area contributed by atoms with E-state index in [1.165, 1.54) is 13.1 Å². The maximum Gasteiger partial charge on any atom is 0.0259 e. The molecule has 0 unspecified atom stereocenters. The first-order chi connectivity index (χ1) is 5.68. The third kappa shape index (κ3) is 3.52. The van der Waals surface area contributed by atoms with Crippen molar-refractivity contribution >= 4 is 0 Å². The summed E-state index contributed by atoms with van der Waals surface area (Å²) in [5.74, 6) is 0.740. The van der Waals surface area contributed by atoms with E-state index in [0.29, 0.717) is 0 Å². The van der Waals surface area contributed by atoms with Crippen molar-refractivity contribution in [1.29, 1.82) is 0 Å². The van der Waals surface area contributed by atoms with Crippen LogP contribution >= 0.6 is 0 Å². The lowest BCUT2D eigenvalue weighted by Crippen LogP contribution is -2.51. The van der Waals surface area contributed by atoms with E-state index in [4.69, 9.17) is 0 Å². The van der Waals surface area contributed by atoms with Crippen LogP contribution in [-0.4, -0.2) is 49.7 Å². The molecule has 1 aliphatic rings. The van der Waals surface area contributed by atoms with Gasteiger partial charge in [-0.15, -0.1) is 0 Å². The van der Waals surface area contributed by atoms with Crippen LogP contribution in [0, 0.1) is 5.92 Å². The van der Waals surface area contributed by atoms with Gasteiger partial charge >= 0.3 is 0 Å². The number of likely N-dealkylation sites (N-methyl/N-ethyl adjacent to an activating group) is 1. The molecular formula is C9H21N3. The molecule has 1 saturated heterocycles. The minimum absolute atomic E-state index is 0.740. The molecule has 0 radical (unpaired) electrons. The van der Waals surface area contributed by atoms with Gasteiger partial charge in [-0.3, -0.25) is 5.43 Å². The van der Waals surface area contributed by atoms with Gasteiger partial charge in [-0.2, -0.15) is 0 Å². The number of rotatable bonds is 3. The van der Waals surface area contributed by atoms with Gasteiger partial charge in [-0.1, -0.05) is 13.8 Å². The summed E-state index contributed by atoms with van der Waals surface area (Å²) in [5, 5.41) is 2.33. The predicted molar refractivity (Wildman–Crippen MR) is 51.9 cm³/mol. The van der Waals surface area contributed by atoms with Crippen molar-refractivity contribution < 1.29 is 0 Å². The summed E-state index contributed by atoms with van der Waals surface area (Å²) in [7, 11) is 2.18. The lowest BCUT2D eigenvalue weighted by Gasteiger charge is -2.33. The zero-order valence-corrected chi connectivity index (χ0v) is 8.51. The average molecular weight is 171 g/mol. The van der Waals surface area contributed by atoms with Crippen LogP contribution < -0.4 is 5.43 Å². The molecular weight excluding hydrogens is 150 g/mol. The molecule has 72 valence electrons. The Bertz CT molecular complexity index is 117. The van der Waals surface area contributed by atoms with Gasteiger partial charge < -0.3 is 4.90 Å². The van der Waals surface area contributed by atoms with E-state index in [1.807, 2.05) is 0 Å². The van der Waals surface area contributed by atoms with Crippen molar-refractivity contribution in [3.05, 3.63) is 0 Å². The Hall–Kier alpha value is -0.120. The molecule has 0 saturated carbocycles. The highest BCUT2D eigenvalue weighted by atomic mass is 15.5. The highest BCUT2D eigenvalue weighted by Gasteiger charge is 2.12. The fraction of sp³-hybridized carbons (Fsp3) is 1.00. The normalized spacial score (nSPS) is 22.0. The Balaban J connectivity index is 2.09. The van der Waals surface area contributed by atoms with E-state index >= 15 is 0 Å². The van der Waals surface area contributed by atoms with E-state index in [2.05, 4.69) is 36.2 Å². The topological polar surface area (TPSA) is 18.5 Å². The second-order valence-electron chi connectivity index (χ2n) is 4.05. The van der Waals surface area contributed by atoms with Crippen LogP contribution in [0.5, 0.6) is 0 Å². The van der Waals surface area contributed by atoms with Crippen molar-refractivity contribution in [1.82, 2.24) is 15.3 Å². The molecule has 1 N–H and O–H groups in total. The van der Waals surface area contributed by atoms with Crippen molar-refractivity contribution in [3.8, 4) is 0 Å². The molecule has 0 amide bonds. The first-order valence-electron chi connectivity index (χ1n) is 4.85. The summed E-state index contributed by atoms with van der Waals surface area (Å²) in [6, 6.07) is 0. The van der Waals surface area contributed by atoms with Crippen molar-refractivity contribution in [3.63, 3.8) is 0 Å². The van der Waals surface area contributed by atoms with Crippen LogP contribution in [0.25, 0.3) is 0 Å². The van der Waals surface area contributed by atoms with Crippen LogP contribution in [0.1, 0.15) is 13.8 Å². The molecule has 1 rings (SSSR count). The Morgan fingerprint density at radius 1 is 1.17 bits per heavy atom. The fourth-order valence-electron chi connectivity index (χ4n) is 1.28. The van der Waals surface area contributed by atoms with Crippen LogP contribution in [0.15, 0.2) is 0 Å². The van der Waals surface area contributed by atoms with E-state index in [1.54, 1.807) is 0 Å². The van der Waals surface area contributed by atoms with Gasteiger partial charge in [-0.05, 0) is 13.0 Å². The monoisotopic (exact) mass is 171 g/mol. The van der Waals surface area contributed by atoms with Crippen molar-refractivity contribution in [2.24, 2.45) is 5.92 Å². The highest BCUT2D eigenvalue weighted by molar-refractivity contribution is 4.66. The van der Waals surface area contributed by atoms with Crippen LogP contribution in [0.4, 0.5) is 0 Å². The maximum absolute atomic E-state index is 3.45. The SMILES string of the molecule is CC(C)CNN1CCN(C)CC1. The first kappa shape index (κ1) is 9.96. The summed E-state index contributed by atoms with van der Waals surface area (Å²) >= 11 is 0. The van der Waals surface area contributed by atoms with Crippen molar-refractivity contribution in [2.75, 3.05) is 39.8 Å².